The first kappa shape index (κ1) is 15.1. The minimum absolute atomic E-state index is 0.250. The van der Waals surface area contributed by atoms with E-state index in [0.29, 0.717) is 11.7 Å². The van der Waals surface area contributed by atoms with E-state index in [1.807, 2.05) is 72.8 Å². The van der Waals surface area contributed by atoms with E-state index in [1.54, 1.807) is 0 Å². The quantitative estimate of drug-likeness (QED) is 0.518. The predicted molar refractivity (Wildman–Crippen MR) is 95.9 cm³/mol. The van der Waals surface area contributed by atoms with Gasteiger partial charge in [0.25, 0.3) is 5.89 Å². The zero-order valence-corrected chi connectivity index (χ0v) is 13.5. The lowest BCUT2D eigenvalue weighted by atomic mass is 10.1. The van der Waals surface area contributed by atoms with Crippen LogP contribution in [0.2, 0.25) is 0 Å². The van der Waals surface area contributed by atoms with Gasteiger partial charge in [0.05, 0.1) is 0 Å². The lowest BCUT2D eigenvalue weighted by Gasteiger charge is -2.10. The number of hydrogen-bond acceptors (Lipinski definition) is 4. The van der Waals surface area contributed by atoms with Crippen molar-refractivity contribution in [3.8, 4) is 28.3 Å². The van der Waals surface area contributed by atoms with Gasteiger partial charge in [0, 0.05) is 11.1 Å². The molecule has 0 fully saturated rings. The summed E-state index contributed by atoms with van der Waals surface area (Å²) in [5.74, 6) is 1.80. The van der Waals surface area contributed by atoms with Crippen molar-refractivity contribution < 1.29 is 9.26 Å². The molecule has 0 aliphatic heterocycles. The fraction of sp³-hybridized carbons (Fsp3) is 0.0476. The smallest absolute Gasteiger partial charge is 0.258 e. The van der Waals surface area contributed by atoms with Crippen molar-refractivity contribution in [3.63, 3.8) is 0 Å². The number of rotatable bonds is 5. The zero-order chi connectivity index (χ0) is 16.9. The van der Waals surface area contributed by atoms with Crippen molar-refractivity contribution in [2.75, 3.05) is 0 Å². The molecule has 0 saturated carbocycles. The molecule has 0 bridgehead atoms. The van der Waals surface area contributed by atoms with Crippen LogP contribution >= 0.6 is 0 Å². The summed E-state index contributed by atoms with van der Waals surface area (Å²) in [5, 5.41) is 4.00. The van der Waals surface area contributed by atoms with E-state index in [9.17, 15) is 0 Å². The molecule has 0 unspecified atom stereocenters. The standard InChI is InChI=1S/C21H16N2O2/c1-3-9-16(10-4-1)18-13-7-8-14-19(18)24-15-20-22-21(25-23-20)17-11-5-2-6-12-17/h1-14H,15H2. The van der Waals surface area contributed by atoms with Crippen LogP contribution in [0.3, 0.4) is 0 Å². The fourth-order valence-corrected chi connectivity index (χ4v) is 2.60. The van der Waals surface area contributed by atoms with Crippen LogP contribution in [0.15, 0.2) is 89.5 Å². The van der Waals surface area contributed by atoms with E-state index < -0.39 is 0 Å². The Morgan fingerprint density at radius 1 is 0.720 bits per heavy atom. The average molecular weight is 328 g/mol. The number of nitrogens with zero attached hydrogens (tertiary/aromatic N) is 2. The molecule has 3 aromatic carbocycles. The van der Waals surface area contributed by atoms with Gasteiger partial charge in [-0.3, -0.25) is 0 Å². The maximum atomic E-state index is 5.94. The van der Waals surface area contributed by atoms with Gasteiger partial charge in [0.1, 0.15) is 5.75 Å². The van der Waals surface area contributed by atoms with Crippen molar-refractivity contribution in [1.82, 2.24) is 10.1 Å². The van der Waals surface area contributed by atoms with Gasteiger partial charge >= 0.3 is 0 Å². The van der Waals surface area contributed by atoms with Crippen molar-refractivity contribution >= 4 is 0 Å². The molecule has 0 atom stereocenters. The highest BCUT2D eigenvalue weighted by molar-refractivity contribution is 5.70. The molecular formula is C21H16N2O2. The molecule has 1 heterocycles. The predicted octanol–water partition coefficient (Wildman–Crippen LogP) is 4.98. The van der Waals surface area contributed by atoms with Gasteiger partial charge in [-0.1, -0.05) is 71.9 Å². The van der Waals surface area contributed by atoms with E-state index in [-0.39, 0.29) is 6.61 Å². The zero-order valence-electron chi connectivity index (χ0n) is 13.5. The Bertz CT molecular complexity index is 950. The molecular weight excluding hydrogens is 312 g/mol. The minimum atomic E-state index is 0.250. The SMILES string of the molecule is c1ccc(-c2nc(COc3ccccc3-c3ccccc3)no2)cc1. The number of ether oxygens (including phenoxy) is 1. The molecule has 1 aromatic heterocycles. The van der Waals surface area contributed by atoms with Crippen LogP contribution in [0.25, 0.3) is 22.6 Å². The normalized spacial score (nSPS) is 10.6. The summed E-state index contributed by atoms with van der Waals surface area (Å²) in [7, 11) is 0. The largest absolute Gasteiger partial charge is 0.485 e. The van der Waals surface area contributed by atoms with E-state index >= 15 is 0 Å². The van der Waals surface area contributed by atoms with Crippen molar-refractivity contribution in [2.45, 2.75) is 6.61 Å². The summed E-state index contributed by atoms with van der Waals surface area (Å²) in [6, 6.07) is 27.8. The second kappa shape index (κ2) is 7.01. The Morgan fingerprint density at radius 3 is 2.12 bits per heavy atom. The second-order valence-corrected chi connectivity index (χ2v) is 5.53. The van der Waals surface area contributed by atoms with Gasteiger partial charge < -0.3 is 9.26 Å². The summed E-state index contributed by atoms with van der Waals surface area (Å²) in [6.07, 6.45) is 0. The maximum Gasteiger partial charge on any atom is 0.258 e. The number of benzene rings is 3. The third kappa shape index (κ3) is 3.43. The van der Waals surface area contributed by atoms with Crippen molar-refractivity contribution in [1.29, 1.82) is 0 Å². The molecule has 0 saturated heterocycles. The molecule has 0 amide bonds. The van der Waals surface area contributed by atoms with Gasteiger partial charge in [-0.2, -0.15) is 4.98 Å². The summed E-state index contributed by atoms with van der Waals surface area (Å²) in [4.78, 5) is 4.40. The Hall–Kier alpha value is -3.40. The first-order valence-corrected chi connectivity index (χ1v) is 8.05. The van der Waals surface area contributed by atoms with Gasteiger partial charge in [0.15, 0.2) is 6.61 Å². The molecule has 4 aromatic rings. The highest BCUT2D eigenvalue weighted by Gasteiger charge is 2.10. The first-order valence-electron chi connectivity index (χ1n) is 8.05. The molecule has 4 heteroatoms. The van der Waals surface area contributed by atoms with Crippen molar-refractivity contribution in [3.05, 3.63) is 90.8 Å². The van der Waals surface area contributed by atoms with Crippen LogP contribution in [0.4, 0.5) is 0 Å². The summed E-state index contributed by atoms with van der Waals surface area (Å²) >= 11 is 0. The lowest BCUT2D eigenvalue weighted by Crippen LogP contribution is -1.99. The second-order valence-electron chi connectivity index (χ2n) is 5.53. The number of para-hydroxylation sites is 1. The Kier molecular flexibility index (Phi) is 4.25. The molecule has 4 rings (SSSR count). The molecule has 0 N–H and O–H groups in total. The fourth-order valence-electron chi connectivity index (χ4n) is 2.60. The van der Waals surface area contributed by atoms with E-state index in [2.05, 4.69) is 22.3 Å². The van der Waals surface area contributed by atoms with Gasteiger partial charge in [-0.25, -0.2) is 0 Å². The first-order chi connectivity index (χ1) is 12.4. The molecule has 25 heavy (non-hydrogen) atoms. The lowest BCUT2D eigenvalue weighted by molar-refractivity contribution is 0.288. The molecule has 0 aliphatic rings. The number of hydrogen-bond donors (Lipinski definition) is 0. The summed E-state index contributed by atoms with van der Waals surface area (Å²) in [6.45, 7) is 0.250. The van der Waals surface area contributed by atoms with E-state index in [1.165, 1.54) is 0 Å². The Balaban J connectivity index is 1.52. The van der Waals surface area contributed by atoms with Crippen LogP contribution in [0, 0.1) is 0 Å². The Morgan fingerprint density at radius 2 is 1.36 bits per heavy atom. The van der Waals surface area contributed by atoms with Gasteiger partial charge in [-0.15, -0.1) is 0 Å². The van der Waals surface area contributed by atoms with Crippen molar-refractivity contribution in [2.24, 2.45) is 0 Å². The topological polar surface area (TPSA) is 48.2 Å². The summed E-state index contributed by atoms with van der Waals surface area (Å²) < 4.78 is 11.3. The third-order valence-electron chi connectivity index (χ3n) is 3.82. The molecule has 0 radical (unpaired) electrons. The molecule has 0 spiro atoms. The maximum absolute atomic E-state index is 5.94. The third-order valence-corrected chi connectivity index (χ3v) is 3.82. The summed E-state index contributed by atoms with van der Waals surface area (Å²) in [5.41, 5.74) is 3.04. The van der Waals surface area contributed by atoms with Crippen LogP contribution in [0.5, 0.6) is 5.75 Å². The average Bonchev–Trinajstić information content (AvgIpc) is 3.17. The Labute approximate surface area is 145 Å². The van der Waals surface area contributed by atoms with Gasteiger partial charge in [0.2, 0.25) is 5.82 Å². The number of aromatic nitrogens is 2. The van der Waals surface area contributed by atoms with Crippen LogP contribution in [-0.4, -0.2) is 10.1 Å². The van der Waals surface area contributed by atoms with Crippen LogP contribution < -0.4 is 4.74 Å². The monoisotopic (exact) mass is 328 g/mol. The van der Waals surface area contributed by atoms with Crippen LogP contribution in [-0.2, 0) is 6.61 Å². The highest BCUT2D eigenvalue weighted by Crippen LogP contribution is 2.30. The molecule has 0 aliphatic carbocycles. The molecule has 4 nitrogen and oxygen atoms in total. The highest BCUT2D eigenvalue weighted by atomic mass is 16.5. The van der Waals surface area contributed by atoms with Crippen LogP contribution in [0.1, 0.15) is 5.82 Å². The molecule has 122 valence electrons. The van der Waals surface area contributed by atoms with E-state index in [0.717, 1.165) is 22.4 Å². The van der Waals surface area contributed by atoms with E-state index in [4.69, 9.17) is 9.26 Å². The van der Waals surface area contributed by atoms with Gasteiger partial charge in [-0.05, 0) is 23.8 Å². The minimum Gasteiger partial charge on any atom is -0.485 e.